The minimum absolute atomic E-state index is 0.527. The second-order valence-electron chi connectivity index (χ2n) is 8.15. The first kappa shape index (κ1) is 18.6. The predicted molar refractivity (Wildman–Crippen MR) is 126 cm³/mol. The van der Waals surface area contributed by atoms with E-state index in [1.807, 2.05) is 12.3 Å². The van der Waals surface area contributed by atoms with Gasteiger partial charge < -0.3 is 4.42 Å². The molecule has 0 saturated carbocycles. The Kier molecular flexibility index (Phi) is 4.59. The largest absolute Gasteiger partial charge is 0.437 e. The number of aliphatic imine (C=N–C) groups is 1. The average molecular weight is 393 g/mol. The fourth-order valence-electron chi connectivity index (χ4n) is 4.09. The van der Waals surface area contributed by atoms with Crippen molar-refractivity contribution in [3.05, 3.63) is 89.1 Å². The molecule has 0 saturated heterocycles. The van der Waals surface area contributed by atoms with Crippen molar-refractivity contribution < 1.29 is 4.42 Å². The summed E-state index contributed by atoms with van der Waals surface area (Å²) in [6.07, 6.45) is 8.07. The predicted octanol–water partition coefficient (Wildman–Crippen LogP) is 7.18. The van der Waals surface area contributed by atoms with E-state index in [0.29, 0.717) is 18.2 Å². The van der Waals surface area contributed by atoms with Crippen LogP contribution in [0.2, 0.25) is 0 Å². The van der Waals surface area contributed by atoms with E-state index < -0.39 is 0 Å². The molecule has 0 radical (unpaired) electrons. The maximum Gasteiger partial charge on any atom is 0.227 e. The summed E-state index contributed by atoms with van der Waals surface area (Å²) < 4.78 is 6.18. The Bertz CT molecular complexity index is 1330. The van der Waals surface area contributed by atoms with Gasteiger partial charge >= 0.3 is 0 Å². The van der Waals surface area contributed by atoms with Crippen molar-refractivity contribution in [1.29, 1.82) is 0 Å². The molecule has 3 heteroatoms. The van der Waals surface area contributed by atoms with Crippen molar-refractivity contribution >= 4 is 39.4 Å². The van der Waals surface area contributed by atoms with Crippen molar-refractivity contribution in [2.75, 3.05) is 0 Å². The maximum atomic E-state index is 6.18. The Balaban J connectivity index is 1.63. The SMILES string of the molecule is C\C1=C/C=C(c2ccc(C(C)C)cc2)\C=N\Cc2ccc3c(oc4ncccc43)c21. The van der Waals surface area contributed by atoms with Gasteiger partial charge in [-0.3, -0.25) is 4.99 Å². The molecule has 4 aromatic rings. The van der Waals surface area contributed by atoms with Gasteiger partial charge in [-0.25, -0.2) is 4.98 Å². The Labute approximate surface area is 176 Å². The number of hydrogen-bond donors (Lipinski definition) is 0. The highest BCUT2D eigenvalue weighted by atomic mass is 16.3. The third-order valence-corrected chi connectivity index (χ3v) is 5.81. The summed E-state index contributed by atoms with van der Waals surface area (Å²) in [7, 11) is 0. The number of aromatic nitrogens is 1. The van der Waals surface area contributed by atoms with Crippen LogP contribution >= 0.6 is 0 Å². The van der Waals surface area contributed by atoms with Crippen LogP contribution in [0, 0.1) is 0 Å². The molecule has 1 aliphatic heterocycles. The highest BCUT2D eigenvalue weighted by Crippen LogP contribution is 2.36. The summed E-state index contributed by atoms with van der Waals surface area (Å²) in [4.78, 5) is 9.16. The number of pyridine rings is 1. The van der Waals surface area contributed by atoms with E-state index in [0.717, 1.165) is 38.6 Å². The Hall–Kier alpha value is -3.46. The van der Waals surface area contributed by atoms with Gasteiger partial charge in [0, 0.05) is 28.7 Å². The topological polar surface area (TPSA) is 38.4 Å². The van der Waals surface area contributed by atoms with Gasteiger partial charge in [0.1, 0.15) is 5.58 Å². The summed E-state index contributed by atoms with van der Waals surface area (Å²) >= 11 is 0. The maximum absolute atomic E-state index is 6.18. The number of allylic oxidation sites excluding steroid dienone is 4. The second kappa shape index (κ2) is 7.42. The molecular formula is C27H24N2O. The van der Waals surface area contributed by atoms with Crippen LogP contribution in [0.4, 0.5) is 0 Å². The van der Waals surface area contributed by atoms with Crippen LogP contribution in [0.1, 0.15) is 48.9 Å². The molecule has 1 aliphatic rings. The summed E-state index contributed by atoms with van der Waals surface area (Å²) in [5.74, 6) is 0.527. The third kappa shape index (κ3) is 3.17. The van der Waals surface area contributed by atoms with E-state index in [2.05, 4.69) is 80.4 Å². The van der Waals surface area contributed by atoms with E-state index in [4.69, 9.17) is 9.41 Å². The van der Waals surface area contributed by atoms with Crippen molar-refractivity contribution in [3.63, 3.8) is 0 Å². The van der Waals surface area contributed by atoms with Crippen LogP contribution in [-0.4, -0.2) is 11.2 Å². The average Bonchev–Trinajstić information content (AvgIpc) is 3.16. The first-order chi connectivity index (χ1) is 14.6. The lowest BCUT2D eigenvalue weighted by molar-refractivity contribution is 0.652. The van der Waals surface area contributed by atoms with Gasteiger partial charge in [0.15, 0.2) is 0 Å². The van der Waals surface area contributed by atoms with Crippen molar-refractivity contribution in [2.45, 2.75) is 33.2 Å². The molecule has 2 aromatic carbocycles. The first-order valence-electron chi connectivity index (χ1n) is 10.4. The second-order valence-corrected chi connectivity index (χ2v) is 8.15. The Morgan fingerprint density at radius 2 is 1.77 bits per heavy atom. The molecule has 0 fully saturated rings. The molecule has 0 unspecified atom stereocenters. The molecule has 3 nitrogen and oxygen atoms in total. The fraction of sp³-hybridized carbons (Fsp3) is 0.185. The minimum atomic E-state index is 0.527. The van der Waals surface area contributed by atoms with Crippen LogP contribution < -0.4 is 0 Å². The van der Waals surface area contributed by atoms with Crippen molar-refractivity contribution in [3.8, 4) is 0 Å². The molecule has 0 amide bonds. The zero-order valence-electron chi connectivity index (χ0n) is 17.5. The van der Waals surface area contributed by atoms with Gasteiger partial charge in [0.25, 0.3) is 0 Å². The molecule has 5 rings (SSSR count). The third-order valence-electron chi connectivity index (χ3n) is 5.81. The lowest BCUT2D eigenvalue weighted by Crippen LogP contribution is -1.92. The standard InChI is InChI=1S/C27H24N2O/c1-17(2)19-8-10-20(11-9-19)21-7-6-18(3)25-22(16-28-15-21)12-13-23-24-5-4-14-29-27(24)30-26(23)25/h4-15,17H,16H2,1-3H3/b18-6+,21-7+,28-15+. The van der Waals surface area contributed by atoms with E-state index in [1.54, 1.807) is 6.20 Å². The zero-order chi connectivity index (χ0) is 20.7. The highest BCUT2D eigenvalue weighted by Gasteiger charge is 2.16. The lowest BCUT2D eigenvalue weighted by Gasteiger charge is -2.08. The van der Waals surface area contributed by atoms with E-state index in [9.17, 15) is 0 Å². The monoisotopic (exact) mass is 392 g/mol. The quantitative estimate of drug-likeness (QED) is 0.362. The van der Waals surface area contributed by atoms with E-state index >= 15 is 0 Å². The number of rotatable bonds is 2. The highest BCUT2D eigenvalue weighted by molar-refractivity contribution is 6.11. The fourth-order valence-corrected chi connectivity index (χ4v) is 4.09. The van der Waals surface area contributed by atoms with Crippen molar-refractivity contribution in [1.82, 2.24) is 4.98 Å². The van der Waals surface area contributed by atoms with Crippen LogP contribution in [-0.2, 0) is 6.54 Å². The number of fused-ring (bicyclic) bond motifs is 5. The van der Waals surface area contributed by atoms with Gasteiger partial charge in [-0.05, 0) is 52.8 Å². The van der Waals surface area contributed by atoms with Crippen LogP contribution in [0.5, 0.6) is 0 Å². The van der Waals surface area contributed by atoms with Crippen LogP contribution in [0.3, 0.4) is 0 Å². The smallest absolute Gasteiger partial charge is 0.227 e. The molecular weight excluding hydrogens is 368 g/mol. The molecule has 0 bridgehead atoms. The van der Waals surface area contributed by atoms with Crippen LogP contribution in [0.15, 0.2) is 76.3 Å². The lowest BCUT2D eigenvalue weighted by atomic mass is 9.96. The number of benzene rings is 2. The zero-order valence-corrected chi connectivity index (χ0v) is 17.5. The molecule has 0 aliphatic carbocycles. The summed E-state index contributed by atoms with van der Waals surface area (Å²) in [5.41, 5.74) is 8.65. The summed E-state index contributed by atoms with van der Waals surface area (Å²) in [6, 6.07) is 17.1. The van der Waals surface area contributed by atoms with Gasteiger partial charge in [0.05, 0.1) is 6.54 Å². The van der Waals surface area contributed by atoms with E-state index in [1.165, 1.54) is 11.1 Å². The summed E-state index contributed by atoms with van der Waals surface area (Å²) in [5, 5.41) is 2.15. The number of nitrogens with zero attached hydrogens (tertiary/aromatic N) is 2. The molecule has 0 atom stereocenters. The van der Waals surface area contributed by atoms with Crippen LogP contribution in [0.25, 0.3) is 33.2 Å². The molecule has 2 aromatic heterocycles. The molecule has 0 spiro atoms. The first-order valence-corrected chi connectivity index (χ1v) is 10.4. The molecule has 3 heterocycles. The molecule has 30 heavy (non-hydrogen) atoms. The van der Waals surface area contributed by atoms with E-state index in [-0.39, 0.29) is 0 Å². The normalized spacial score (nSPS) is 18.8. The van der Waals surface area contributed by atoms with Gasteiger partial charge in [0.2, 0.25) is 5.71 Å². The van der Waals surface area contributed by atoms with Gasteiger partial charge in [-0.1, -0.05) is 62.4 Å². The Morgan fingerprint density at radius 1 is 0.933 bits per heavy atom. The minimum Gasteiger partial charge on any atom is -0.437 e. The summed E-state index contributed by atoms with van der Waals surface area (Å²) in [6.45, 7) is 7.18. The van der Waals surface area contributed by atoms with Gasteiger partial charge in [-0.15, -0.1) is 0 Å². The number of hydrogen-bond acceptors (Lipinski definition) is 3. The van der Waals surface area contributed by atoms with Gasteiger partial charge in [-0.2, -0.15) is 0 Å². The Morgan fingerprint density at radius 3 is 2.57 bits per heavy atom. The molecule has 148 valence electrons. The molecule has 0 N–H and O–H groups in total. The van der Waals surface area contributed by atoms with Crippen molar-refractivity contribution in [2.24, 2.45) is 4.99 Å². The number of furan rings is 1.